The highest BCUT2D eigenvalue weighted by molar-refractivity contribution is 6.26. The average molecular weight is 505 g/mol. The van der Waals surface area contributed by atoms with E-state index in [0.717, 1.165) is 36.0 Å². The van der Waals surface area contributed by atoms with E-state index < -0.39 is 0 Å². The minimum Gasteiger partial charge on any atom is -0.461 e. The van der Waals surface area contributed by atoms with Gasteiger partial charge in [0.25, 0.3) is 0 Å². The van der Waals surface area contributed by atoms with Crippen molar-refractivity contribution in [1.82, 2.24) is 0 Å². The van der Waals surface area contributed by atoms with Gasteiger partial charge in [-0.25, -0.2) is 0 Å². The summed E-state index contributed by atoms with van der Waals surface area (Å²) < 4.78 is 5.94. The molecule has 10 atom stereocenters. The molecule has 0 aromatic rings. The van der Waals surface area contributed by atoms with Crippen LogP contribution in [0.3, 0.4) is 0 Å². The molecule has 0 aliphatic heterocycles. The number of esters is 1. The molecule has 0 aromatic carbocycles. The second kappa shape index (κ2) is 8.38. The molecule has 5 rings (SSSR count). The van der Waals surface area contributed by atoms with Crippen molar-refractivity contribution < 1.29 is 9.53 Å². The van der Waals surface area contributed by atoms with Crippen LogP contribution in [-0.2, 0) is 9.53 Å². The van der Waals surface area contributed by atoms with Gasteiger partial charge < -0.3 is 4.74 Å². The molecule has 0 aromatic heterocycles. The van der Waals surface area contributed by atoms with E-state index in [-0.39, 0.29) is 23.4 Å². The second-order valence-corrected chi connectivity index (χ2v) is 16.0. The molecular weight excluding hydrogens is 452 g/mol. The number of hydrogen-bond acceptors (Lipinski definition) is 2. The zero-order chi connectivity index (χ0) is 25.6. The fraction of sp³-hybridized carbons (Fsp3) is 0.969. The third-order valence-electron chi connectivity index (χ3n) is 14.1. The van der Waals surface area contributed by atoms with Gasteiger partial charge in [0.05, 0.1) is 0 Å². The Bertz CT molecular complexity index is 851. The molecule has 0 saturated heterocycles. The summed E-state index contributed by atoms with van der Waals surface area (Å²) in [6.45, 7) is 20.6. The van der Waals surface area contributed by atoms with Gasteiger partial charge in [0, 0.05) is 5.41 Å². The number of rotatable bonds is 3. The molecule has 5 fully saturated rings. The normalized spacial score (nSPS) is 52.7. The van der Waals surface area contributed by atoms with Gasteiger partial charge in [-0.2, -0.15) is 0 Å². The molecule has 0 N–H and O–H groups in total. The molecular formula is C32H53ClO2. The molecule has 2 nitrogen and oxygen atoms in total. The minimum atomic E-state index is -0.247. The molecule has 0 heterocycles. The van der Waals surface area contributed by atoms with Crippen LogP contribution in [0.2, 0.25) is 0 Å². The van der Waals surface area contributed by atoms with Crippen LogP contribution >= 0.6 is 11.6 Å². The van der Waals surface area contributed by atoms with E-state index in [4.69, 9.17) is 16.3 Å². The van der Waals surface area contributed by atoms with Crippen molar-refractivity contribution >= 4 is 17.6 Å². The molecule has 5 aliphatic rings. The smallest absolute Gasteiger partial charge is 0.321 e. The lowest BCUT2D eigenvalue weighted by Crippen LogP contribution is -2.66. The Balaban J connectivity index is 1.47. The minimum absolute atomic E-state index is 0.00350. The summed E-state index contributed by atoms with van der Waals surface area (Å²) in [6, 6.07) is 0. The van der Waals surface area contributed by atoms with Gasteiger partial charge in [0.1, 0.15) is 12.0 Å². The summed E-state index contributed by atoms with van der Waals surface area (Å²) in [5, 5.41) is 0. The van der Waals surface area contributed by atoms with Crippen LogP contribution in [0.25, 0.3) is 0 Å². The zero-order valence-corrected chi connectivity index (χ0v) is 24.8. The first-order valence-corrected chi connectivity index (χ1v) is 15.5. The lowest BCUT2D eigenvalue weighted by molar-refractivity contribution is -0.250. The van der Waals surface area contributed by atoms with Crippen molar-refractivity contribution in [2.24, 2.45) is 62.6 Å². The Kier molecular flexibility index (Phi) is 6.31. The van der Waals surface area contributed by atoms with Gasteiger partial charge in [-0.15, -0.1) is 11.6 Å². The molecule has 35 heavy (non-hydrogen) atoms. The number of halogens is 1. The molecule has 0 radical (unpaired) electrons. The van der Waals surface area contributed by atoms with E-state index in [9.17, 15) is 4.79 Å². The maximum absolute atomic E-state index is 12.1. The summed E-state index contributed by atoms with van der Waals surface area (Å²) in [7, 11) is 0. The number of carbonyl (C=O) groups excluding carboxylic acids is 1. The highest BCUT2D eigenvalue weighted by Crippen LogP contribution is 2.77. The molecule has 6 unspecified atom stereocenters. The van der Waals surface area contributed by atoms with Gasteiger partial charge >= 0.3 is 5.97 Å². The van der Waals surface area contributed by atoms with Crippen molar-refractivity contribution in [1.29, 1.82) is 0 Å². The maximum atomic E-state index is 12.1. The molecule has 0 amide bonds. The quantitative estimate of drug-likeness (QED) is 0.283. The van der Waals surface area contributed by atoms with E-state index in [0.29, 0.717) is 27.6 Å². The van der Waals surface area contributed by atoms with Gasteiger partial charge in [-0.1, -0.05) is 55.4 Å². The highest BCUT2D eigenvalue weighted by atomic mass is 35.5. The zero-order valence-electron chi connectivity index (χ0n) is 24.0. The lowest BCUT2D eigenvalue weighted by Gasteiger charge is -2.73. The Morgan fingerprint density at radius 1 is 0.829 bits per heavy atom. The number of alkyl halides is 1. The van der Waals surface area contributed by atoms with Crippen LogP contribution in [0.1, 0.15) is 120 Å². The fourth-order valence-electron chi connectivity index (χ4n) is 12.1. The Hall–Kier alpha value is -0.240. The van der Waals surface area contributed by atoms with Crippen LogP contribution in [0.15, 0.2) is 0 Å². The van der Waals surface area contributed by atoms with Crippen molar-refractivity contribution in [2.45, 2.75) is 126 Å². The highest BCUT2D eigenvalue weighted by Gasteiger charge is 2.70. The van der Waals surface area contributed by atoms with Crippen LogP contribution in [0.4, 0.5) is 0 Å². The summed E-state index contributed by atoms with van der Waals surface area (Å²) in [6.07, 6.45) is 13.5. The standard InChI is InChI=1S/C32H53ClO2/c1-20(2)21-11-14-29(5)17-18-31(7)22(27(21)29)9-10-24-30(6)15-13-25(35-26(34)19-33)28(3,4)23(30)12-16-32(24,31)8/h20-25,27H,9-19H2,1-8H3/t21-,22?,23-,24?,25?,27+,29?,30?,31+,32?/m0/s1. The van der Waals surface area contributed by atoms with Crippen LogP contribution in [-0.4, -0.2) is 18.0 Å². The SMILES string of the molecule is CC(C)[C@@H]1CCC2(C)CC[C@]3(C)C(CCC4C5(C)CCC(OC(=O)CCl)C(C)(C)[C@@H]5CCC43C)[C@@H]12. The monoisotopic (exact) mass is 504 g/mol. The molecule has 5 aliphatic carbocycles. The van der Waals surface area contributed by atoms with Gasteiger partial charge in [0.15, 0.2) is 0 Å². The lowest BCUT2D eigenvalue weighted by atomic mass is 9.32. The Morgan fingerprint density at radius 2 is 1.54 bits per heavy atom. The predicted molar refractivity (Wildman–Crippen MR) is 145 cm³/mol. The van der Waals surface area contributed by atoms with Crippen molar-refractivity contribution in [3.63, 3.8) is 0 Å². The first kappa shape index (κ1) is 26.4. The number of hydrogen-bond donors (Lipinski definition) is 0. The molecule has 0 spiro atoms. The Labute approximate surface area is 221 Å². The van der Waals surface area contributed by atoms with E-state index in [1.54, 1.807) is 0 Å². The van der Waals surface area contributed by atoms with Crippen LogP contribution < -0.4 is 0 Å². The van der Waals surface area contributed by atoms with Crippen molar-refractivity contribution in [3.05, 3.63) is 0 Å². The van der Waals surface area contributed by atoms with E-state index in [2.05, 4.69) is 55.4 Å². The van der Waals surface area contributed by atoms with E-state index in [1.165, 1.54) is 57.8 Å². The third-order valence-corrected chi connectivity index (χ3v) is 14.3. The van der Waals surface area contributed by atoms with Gasteiger partial charge in [-0.05, 0) is 121 Å². The van der Waals surface area contributed by atoms with E-state index >= 15 is 0 Å². The first-order valence-electron chi connectivity index (χ1n) is 15.0. The molecule has 5 saturated carbocycles. The fourth-order valence-corrected chi connectivity index (χ4v) is 12.2. The number of fused-ring (bicyclic) bond motifs is 7. The molecule has 0 bridgehead atoms. The van der Waals surface area contributed by atoms with Gasteiger partial charge in [-0.3, -0.25) is 4.79 Å². The summed E-state index contributed by atoms with van der Waals surface area (Å²) in [4.78, 5) is 12.1. The second-order valence-electron chi connectivity index (χ2n) is 15.8. The summed E-state index contributed by atoms with van der Waals surface area (Å²) in [5.41, 5.74) is 1.80. The van der Waals surface area contributed by atoms with E-state index in [1.807, 2.05) is 0 Å². The van der Waals surface area contributed by atoms with Crippen molar-refractivity contribution in [2.75, 3.05) is 5.88 Å². The van der Waals surface area contributed by atoms with Crippen molar-refractivity contribution in [3.8, 4) is 0 Å². The van der Waals surface area contributed by atoms with Crippen LogP contribution in [0.5, 0.6) is 0 Å². The number of ether oxygens (including phenoxy) is 1. The third kappa shape index (κ3) is 3.49. The average Bonchev–Trinajstić information content (AvgIpc) is 3.14. The Morgan fingerprint density at radius 3 is 2.20 bits per heavy atom. The predicted octanol–water partition coefficient (Wildman–Crippen LogP) is 8.89. The molecule has 200 valence electrons. The summed E-state index contributed by atoms with van der Waals surface area (Å²) in [5.74, 6) is 4.66. The largest absolute Gasteiger partial charge is 0.461 e. The number of carbonyl (C=O) groups is 1. The summed E-state index contributed by atoms with van der Waals surface area (Å²) >= 11 is 5.82. The maximum Gasteiger partial charge on any atom is 0.321 e. The first-order chi connectivity index (χ1) is 16.2. The molecule has 3 heteroatoms. The topological polar surface area (TPSA) is 26.3 Å². The van der Waals surface area contributed by atoms with Gasteiger partial charge in [0.2, 0.25) is 0 Å². The van der Waals surface area contributed by atoms with Crippen LogP contribution in [0, 0.1) is 62.6 Å².